The summed E-state index contributed by atoms with van der Waals surface area (Å²) < 4.78 is 22.8. The average molecular weight is 267 g/mol. The molecule has 4 heteroatoms. The van der Waals surface area contributed by atoms with Gasteiger partial charge in [0, 0.05) is 12.1 Å². The quantitative estimate of drug-likeness (QED) is 0.908. The second-order valence-corrected chi connectivity index (χ2v) is 7.31. The summed E-state index contributed by atoms with van der Waals surface area (Å²) in [6, 6.07) is 8.84. The van der Waals surface area contributed by atoms with E-state index >= 15 is 0 Å². The summed E-state index contributed by atoms with van der Waals surface area (Å²) in [7, 11) is -2.80. The van der Waals surface area contributed by atoms with E-state index in [0.29, 0.717) is 5.75 Å². The molecule has 18 heavy (non-hydrogen) atoms. The summed E-state index contributed by atoms with van der Waals surface area (Å²) in [5.74, 6) is 0.608. The van der Waals surface area contributed by atoms with E-state index in [2.05, 4.69) is 43.4 Å². The molecule has 1 heterocycles. The molecule has 0 radical (unpaired) electrons. The van der Waals surface area contributed by atoms with Crippen molar-refractivity contribution in [1.29, 1.82) is 0 Å². The van der Waals surface area contributed by atoms with Gasteiger partial charge in [-0.1, -0.05) is 31.2 Å². The van der Waals surface area contributed by atoms with Crippen molar-refractivity contribution >= 4 is 9.84 Å². The third-order valence-electron chi connectivity index (χ3n) is 3.61. The van der Waals surface area contributed by atoms with Gasteiger partial charge in [-0.2, -0.15) is 0 Å². The maximum atomic E-state index is 11.4. The molecule has 1 aromatic rings. The lowest BCUT2D eigenvalue weighted by molar-refractivity contribution is 0.485. The predicted octanol–water partition coefficient (Wildman–Crippen LogP) is 2.09. The molecule has 1 aliphatic heterocycles. The topological polar surface area (TPSA) is 46.2 Å². The van der Waals surface area contributed by atoms with Gasteiger partial charge in [0.2, 0.25) is 0 Å². The molecule has 2 unspecified atom stereocenters. The van der Waals surface area contributed by atoms with Crippen LogP contribution < -0.4 is 5.32 Å². The molecule has 3 nitrogen and oxygen atoms in total. The van der Waals surface area contributed by atoms with Crippen molar-refractivity contribution in [1.82, 2.24) is 5.32 Å². The summed E-state index contributed by atoms with van der Waals surface area (Å²) in [5.41, 5.74) is 2.55. The highest BCUT2D eigenvalue weighted by atomic mass is 32.2. The zero-order chi connectivity index (χ0) is 13.2. The van der Waals surface area contributed by atoms with Gasteiger partial charge >= 0.3 is 0 Å². The van der Waals surface area contributed by atoms with Crippen molar-refractivity contribution in [3.8, 4) is 0 Å². The second kappa shape index (κ2) is 5.41. The lowest BCUT2D eigenvalue weighted by Crippen LogP contribution is -2.32. The van der Waals surface area contributed by atoms with Gasteiger partial charge in [0.25, 0.3) is 0 Å². The SMILES string of the molecule is CCc1ccc(C(C)NC2CCS(=O)(=O)C2)cc1. The van der Waals surface area contributed by atoms with Gasteiger partial charge in [-0.05, 0) is 30.9 Å². The molecule has 1 fully saturated rings. The first kappa shape index (κ1) is 13.6. The molecule has 0 aliphatic carbocycles. The molecule has 0 saturated carbocycles. The molecule has 0 amide bonds. The van der Waals surface area contributed by atoms with E-state index in [-0.39, 0.29) is 17.8 Å². The number of benzene rings is 1. The Balaban J connectivity index is 1.97. The first-order valence-corrected chi connectivity index (χ1v) is 8.37. The highest BCUT2D eigenvalue weighted by molar-refractivity contribution is 7.91. The molecule has 0 aromatic heterocycles. The van der Waals surface area contributed by atoms with E-state index in [1.54, 1.807) is 0 Å². The Morgan fingerprint density at radius 2 is 2.00 bits per heavy atom. The Labute approximate surface area is 110 Å². The smallest absolute Gasteiger partial charge is 0.151 e. The molecule has 0 spiro atoms. The molecule has 1 N–H and O–H groups in total. The summed E-state index contributed by atoms with van der Waals surface area (Å²) in [6.07, 6.45) is 1.78. The summed E-state index contributed by atoms with van der Waals surface area (Å²) in [6.45, 7) is 4.23. The molecule has 100 valence electrons. The van der Waals surface area contributed by atoms with Gasteiger partial charge in [-0.15, -0.1) is 0 Å². The lowest BCUT2D eigenvalue weighted by Gasteiger charge is -2.19. The van der Waals surface area contributed by atoms with Crippen molar-refractivity contribution in [3.63, 3.8) is 0 Å². The van der Waals surface area contributed by atoms with E-state index in [4.69, 9.17) is 0 Å². The van der Waals surface area contributed by atoms with Crippen LogP contribution in [0.15, 0.2) is 24.3 Å². The molecule has 1 aromatic carbocycles. The van der Waals surface area contributed by atoms with Gasteiger partial charge in [0.1, 0.15) is 0 Å². The third kappa shape index (κ3) is 3.33. The van der Waals surface area contributed by atoms with Crippen LogP contribution >= 0.6 is 0 Å². The Morgan fingerprint density at radius 3 is 2.50 bits per heavy atom. The van der Waals surface area contributed by atoms with E-state index in [1.165, 1.54) is 11.1 Å². The number of rotatable bonds is 4. The lowest BCUT2D eigenvalue weighted by atomic mass is 10.0. The number of hydrogen-bond donors (Lipinski definition) is 1. The average Bonchev–Trinajstić information content (AvgIpc) is 2.68. The molecule has 1 aliphatic rings. The fourth-order valence-electron chi connectivity index (χ4n) is 2.42. The number of sulfone groups is 1. The van der Waals surface area contributed by atoms with E-state index < -0.39 is 9.84 Å². The Hall–Kier alpha value is -0.870. The number of hydrogen-bond acceptors (Lipinski definition) is 3. The fourth-order valence-corrected chi connectivity index (χ4v) is 4.10. The second-order valence-electron chi connectivity index (χ2n) is 5.08. The van der Waals surface area contributed by atoms with Crippen molar-refractivity contribution in [2.24, 2.45) is 0 Å². The Kier molecular flexibility index (Phi) is 4.07. The molecular weight excluding hydrogens is 246 g/mol. The molecule has 2 rings (SSSR count). The zero-order valence-electron chi connectivity index (χ0n) is 11.0. The summed E-state index contributed by atoms with van der Waals surface area (Å²) >= 11 is 0. The molecule has 2 atom stereocenters. The van der Waals surface area contributed by atoms with Gasteiger partial charge < -0.3 is 5.32 Å². The minimum atomic E-state index is -2.80. The van der Waals surface area contributed by atoms with Gasteiger partial charge in [-0.3, -0.25) is 0 Å². The van der Waals surface area contributed by atoms with Crippen LogP contribution in [0.4, 0.5) is 0 Å². The van der Waals surface area contributed by atoms with Gasteiger partial charge in [0.05, 0.1) is 11.5 Å². The monoisotopic (exact) mass is 267 g/mol. The molecule has 0 bridgehead atoms. The first-order valence-electron chi connectivity index (χ1n) is 6.55. The normalized spacial score (nSPS) is 24.0. The van der Waals surface area contributed by atoms with Crippen LogP contribution in [0.2, 0.25) is 0 Å². The van der Waals surface area contributed by atoms with E-state index in [9.17, 15) is 8.42 Å². The minimum absolute atomic E-state index is 0.107. The van der Waals surface area contributed by atoms with Crippen molar-refractivity contribution in [2.75, 3.05) is 11.5 Å². The largest absolute Gasteiger partial charge is 0.306 e. The number of aryl methyl sites for hydroxylation is 1. The van der Waals surface area contributed by atoms with Crippen LogP contribution in [0.25, 0.3) is 0 Å². The highest BCUT2D eigenvalue weighted by Crippen LogP contribution is 2.18. The van der Waals surface area contributed by atoms with Crippen LogP contribution in [-0.4, -0.2) is 26.0 Å². The van der Waals surface area contributed by atoms with Crippen molar-refractivity contribution in [3.05, 3.63) is 35.4 Å². The van der Waals surface area contributed by atoms with Crippen LogP contribution in [0.1, 0.15) is 37.4 Å². The van der Waals surface area contributed by atoms with E-state index in [1.807, 2.05) is 0 Å². The van der Waals surface area contributed by atoms with Crippen LogP contribution in [0.5, 0.6) is 0 Å². The van der Waals surface area contributed by atoms with Crippen molar-refractivity contribution in [2.45, 2.75) is 38.8 Å². The van der Waals surface area contributed by atoms with Crippen LogP contribution in [0.3, 0.4) is 0 Å². The Morgan fingerprint density at radius 1 is 1.33 bits per heavy atom. The Bertz CT molecular complexity index is 493. The van der Waals surface area contributed by atoms with Gasteiger partial charge in [-0.25, -0.2) is 8.42 Å². The first-order chi connectivity index (χ1) is 8.50. The maximum absolute atomic E-state index is 11.4. The zero-order valence-corrected chi connectivity index (χ0v) is 11.8. The van der Waals surface area contributed by atoms with Crippen LogP contribution in [0, 0.1) is 0 Å². The van der Waals surface area contributed by atoms with E-state index in [0.717, 1.165) is 12.8 Å². The standard InChI is InChI=1S/C14H21NO2S/c1-3-12-4-6-13(7-5-12)11(2)15-14-8-9-18(16,17)10-14/h4-7,11,14-15H,3,8-10H2,1-2H3. The molecule has 1 saturated heterocycles. The maximum Gasteiger partial charge on any atom is 0.151 e. The highest BCUT2D eigenvalue weighted by Gasteiger charge is 2.28. The van der Waals surface area contributed by atoms with Crippen molar-refractivity contribution < 1.29 is 8.42 Å². The molecular formula is C14H21NO2S. The predicted molar refractivity (Wildman–Crippen MR) is 74.4 cm³/mol. The summed E-state index contributed by atoms with van der Waals surface area (Å²) in [5, 5.41) is 3.41. The summed E-state index contributed by atoms with van der Waals surface area (Å²) in [4.78, 5) is 0. The third-order valence-corrected chi connectivity index (χ3v) is 5.37. The van der Waals surface area contributed by atoms with Crippen LogP contribution in [-0.2, 0) is 16.3 Å². The van der Waals surface area contributed by atoms with Gasteiger partial charge in [0.15, 0.2) is 9.84 Å². The minimum Gasteiger partial charge on any atom is -0.306 e. The fraction of sp³-hybridized carbons (Fsp3) is 0.571. The number of nitrogens with one attached hydrogen (secondary N) is 1.